The van der Waals surface area contributed by atoms with Gasteiger partial charge in [-0.25, -0.2) is 4.39 Å². The summed E-state index contributed by atoms with van der Waals surface area (Å²) in [5.74, 6) is -0.191. The normalized spacial score (nSPS) is 13.8. The fourth-order valence-electron chi connectivity index (χ4n) is 3.69. The molecule has 0 unspecified atom stereocenters. The van der Waals surface area contributed by atoms with Crippen LogP contribution in [0.2, 0.25) is 0 Å². The molecule has 0 atom stereocenters. The van der Waals surface area contributed by atoms with Gasteiger partial charge >= 0.3 is 0 Å². The summed E-state index contributed by atoms with van der Waals surface area (Å²) in [6.45, 7) is 1.27. The summed E-state index contributed by atoms with van der Waals surface area (Å²) in [5, 5.41) is 9.81. The maximum absolute atomic E-state index is 14.1. The van der Waals surface area contributed by atoms with Gasteiger partial charge in [0.1, 0.15) is 5.82 Å². The zero-order chi connectivity index (χ0) is 19.5. The van der Waals surface area contributed by atoms with E-state index in [1.54, 1.807) is 12.1 Å². The van der Waals surface area contributed by atoms with E-state index in [1.807, 2.05) is 41.1 Å². The number of nitrogens with zero attached hydrogens (tertiary/aromatic N) is 3. The maximum atomic E-state index is 14.1. The summed E-state index contributed by atoms with van der Waals surface area (Å²) in [7, 11) is 0. The molecule has 3 aromatic rings. The summed E-state index contributed by atoms with van der Waals surface area (Å²) >= 11 is 0. The van der Waals surface area contributed by atoms with Crippen molar-refractivity contribution in [3.63, 3.8) is 0 Å². The topological polar surface area (TPSA) is 49.0 Å². The van der Waals surface area contributed by atoms with E-state index >= 15 is 0 Å². The van der Waals surface area contributed by atoms with Gasteiger partial charge in [-0.1, -0.05) is 36.4 Å². The number of fused-ring (bicyclic) bond motifs is 1. The molecule has 0 N–H and O–H groups in total. The molecule has 1 heterocycles. The Morgan fingerprint density at radius 2 is 1.93 bits per heavy atom. The van der Waals surface area contributed by atoms with Crippen LogP contribution in [-0.4, -0.2) is 27.8 Å². The third-order valence-corrected chi connectivity index (χ3v) is 5.29. The highest BCUT2D eigenvalue weighted by Crippen LogP contribution is 2.30. The van der Waals surface area contributed by atoms with Crippen molar-refractivity contribution in [3.05, 3.63) is 71.7 Å². The molecule has 0 spiro atoms. The highest BCUT2D eigenvalue weighted by molar-refractivity contribution is 6.09. The average Bonchev–Trinajstić information content (AvgIpc) is 3.49. The van der Waals surface area contributed by atoms with Gasteiger partial charge in [0.05, 0.1) is 19.0 Å². The van der Waals surface area contributed by atoms with Gasteiger partial charge in [-0.2, -0.15) is 5.26 Å². The van der Waals surface area contributed by atoms with Crippen LogP contribution in [0.3, 0.4) is 0 Å². The van der Waals surface area contributed by atoms with E-state index in [0.717, 1.165) is 23.7 Å². The number of aryl methyl sites for hydroxylation is 1. The first-order valence-electron chi connectivity index (χ1n) is 9.63. The van der Waals surface area contributed by atoms with E-state index in [0.29, 0.717) is 36.7 Å². The second kappa shape index (κ2) is 7.95. The molecule has 1 aromatic heterocycles. The average molecular weight is 375 g/mol. The van der Waals surface area contributed by atoms with Crippen LogP contribution in [0, 0.1) is 17.1 Å². The van der Waals surface area contributed by atoms with Crippen LogP contribution in [0.4, 0.5) is 4.39 Å². The lowest BCUT2D eigenvalue weighted by Gasteiger charge is -2.21. The minimum Gasteiger partial charge on any atom is -0.346 e. The van der Waals surface area contributed by atoms with Crippen LogP contribution < -0.4 is 0 Å². The van der Waals surface area contributed by atoms with E-state index in [4.69, 9.17) is 5.26 Å². The molecule has 5 heteroatoms. The van der Waals surface area contributed by atoms with Gasteiger partial charge in [0.2, 0.25) is 0 Å². The summed E-state index contributed by atoms with van der Waals surface area (Å²) in [6, 6.07) is 17.0. The molecule has 2 aromatic carbocycles. The molecule has 1 fully saturated rings. The number of rotatable bonds is 8. The van der Waals surface area contributed by atoms with Gasteiger partial charge in [0.15, 0.2) is 5.78 Å². The first kappa shape index (κ1) is 18.4. The number of halogens is 1. The van der Waals surface area contributed by atoms with Gasteiger partial charge < -0.3 is 4.57 Å². The first-order chi connectivity index (χ1) is 13.7. The van der Waals surface area contributed by atoms with Gasteiger partial charge in [-0.3, -0.25) is 9.69 Å². The number of Topliss-reactive ketones (excluding diaryl/α,β-unsaturated/α-hetero) is 1. The number of carbonyl (C=O) groups excluding carboxylic acids is 1. The van der Waals surface area contributed by atoms with Crippen molar-refractivity contribution >= 4 is 16.7 Å². The second-order valence-electron chi connectivity index (χ2n) is 7.31. The molecular formula is C23H22FN3O. The molecule has 28 heavy (non-hydrogen) atoms. The molecule has 0 radical (unpaired) electrons. The van der Waals surface area contributed by atoms with E-state index < -0.39 is 0 Å². The van der Waals surface area contributed by atoms with Crippen molar-refractivity contribution in [2.75, 3.05) is 6.54 Å². The standard InChI is InChI=1S/C23H22FN3O/c24-21-8-3-1-6-17(21)14-27(18-10-11-18)16-23(28)20-15-26(13-5-12-25)22-9-4-2-7-19(20)22/h1-4,6-9,15,18H,5,10-11,13-14,16H2. The first-order valence-corrected chi connectivity index (χ1v) is 9.63. The lowest BCUT2D eigenvalue weighted by atomic mass is 10.1. The second-order valence-corrected chi connectivity index (χ2v) is 7.31. The molecular weight excluding hydrogens is 353 g/mol. The predicted octanol–water partition coefficient (Wildman–Crippen LogP) is 4.54. The molecule has 1 saturated carbocycles. The number of benzene rings is 2. The van der Waals surface area contributed by atoms with Gasteiger partial charge in [-0.15, -0.1) is 0 Å². The highest BCUT2D eigenvalue weighted by Gasteiger charge is 2.31. The van der Waals surface area contributed by atoms with Crippen molar-refractivity contribution < 1.29 is 9.18 Å². The molecule has 0 bridgehead atoms. The predicted molar refractivity (Wildman–Crippen MR) is 106 cm³/mol. The van der Waals surface area contributed by atoms with Gasteiger partial charge in [0, 0.05) is 47.4 Å². The summed E-state index contributed by atoms with van der Waals surface area (Å²) in [6.07, 6.45) is 4.35. The molecule has 0 aliphatic heterocycles. The van der Waals surface area contributed by atoms with E-state index in [1.165, 1.54) is 6.07 Å². The number of hydrogen-bond donors (Lipinski definition) is 0. The molecule has 1 aliphatic carbocycles. The number of hydrogen-bond acceptors (Lipinski definition) is 3. The van der Waals surface area contributed by atoms with Crippen molar-refractivity contribution in [2.24, 2.45) is 0 Å². The monoisotopic (exact) mass is 375 g/mol. The zero-order valence-corrected chi connectivity index (χ0v) is 15.6. The lowest BCUT2D eigenvalue weighted by molar-refractivity contribution is 0.0919. The largest absolute Gasteiger partial charge is 0.346 e. The Kier molecular flexibility index (Phi) is 5.23. The number of para-hydroxylation sites is 1. The Bertz CT molecular complexity index is 1050. The summed E-state index contributed by atoms with van der Waals surface area (Å²) in [5.41, 5.74) is 2.26. The molecule has 0 amide bonds. The van der Waals surface area contributed by atoms with Crippen molar-refractivity contribution in [1.29, 1.82) is 5.26 Å². The minimum absolute atomic E-state index is 0.0372. The van der Waals surface area contributed by atoms with Crippen LogP contribution in [0.25, 0.3) is 10.9 Å². The Hall–Kier alpha value is -2.97. The molecule has 1 aliphatic rings. The fraction of sp³-hybridized carbons (Fsp3) is 0.304. The number of aromatic nitrogens is 1. The van der Waals surface area contributed by atoms with E-state index in [9.17, 15) is 9.18 Å². The smallest absolute Gasteiger partial charge is 0.178 e. The SMILES string of the molecule is N#CCCn1cc(C(=O)CN(Cc2ccccc2F)C2CC2)c2ccccc21. The third-order valence-electron chi connectivity index (χ3n) is 5.29. The van der Waals surface area contributed by atoms with Gasteiger partial charge in [-0.05, 0) is 25.0 Å². The molecule has 0 saturated heterocycles. The molecule has 142 valence electrons. The Morgan fingerprint density at radius 1 is 1.18 bits per heavy atom. The Labute approximate surface area is 163 Å². The maximum Gasteiger partial charge on any atom is 0.178 e. The summed E-state index contributed by atoms with van der Waals surface area (Å²) < 4.78 is 16.1. The molecule has 4 rings (SSSR count). The van der Waals surface area contributed by atoms with Crippen LogP contribution in [0.1, 0.15) is 35.2 Å². The fourth-order valence-corrected chi connectivity index (χ4v) is 3.69. The van der Waals surface area contributed by atoms with Crippen molar-refractivity contribution in [2.45, 2.75) is 38.4 Å². The van der Waals surface area contributed by atoms with E-state index in [2.05, 4.69) is 11.0 Å². The van der Waals surface area contributed by atoms with Crippen molar-refractivity contribution in [3.8, 4) is 6.07 Å². The quantitative estimate of drug-likeness (QED) is 0.543. The van der Waals surface area contributed by atoms with Crippen LogP contribution in [0.15, 0.2) is 54.7 Å². The summed E-state index contributed by atoms with van der Waals surface area (Å²) in [4.78, 5) is 15.2. The lowest BCUT2D eigenvalue weighted by Crippen LogP contribution is -2.31. The Balaban J connectivity index is 1.58. The Morgan fingerprint density at radius 3 is 2.68 bits per heavy atom. The number of ketones is 1. The van der Waals surface area contributed by atoms with E-state index in [-0.39, 0.29) is 18.1 Å². The third kappa shape index (κ3) is 3.83. The van der Waals surface area contributed by atoms with Crippen molar-refractivity contribution in [1.82, 2.24) is 9.47 Å². The molecule has 4 nitrogen and oxygen atoms in total. The zero-order valence-electron chi connectivity index (χ0n) is 15.6. The highest BCUT2D eigenvalue weighted by atomic mass is 19.1. The number of carbonyl (C=O) groups is 1. The minimum atomic E-state index is -0.228. The van der Waals surface area contributed by atoms with Crippen LogP contribution in [0.5, 0.6) is 0 Å². The van der Waals surface area contributed by atoms with Gasteiger partial charge in [0.25, 0.3) is 0 Å². The number of nitriles is 1. The van der Waals surface area contributed by atoms with Crippen LogP contribution in [-0.2, 0) is 13.1 Å². The van der Waals surface area contributed by atoms with Crippen LogP contribution >= 0.6 is 0 Å².